The fourth-order valence-corrected chi connectivity index (χ4v) is 2.83. The van der Waals surface area contributed by atoms with Gasteiger partial charge in [-0.15, -0.1) is 0 Å². The Morgan fingerprint density at radius 3 is 3.00 bits per heavy atom. The van der Waals surface area contributed by atoms with Gasteiger partial charge in [0.15, 0.2) is 5.78 Å². The van der Waals surface area contributed by atoms with Crippen LogP contribution in [0.5, 0.6) is 0 Å². The number of hydrogen-bond donors (Lipinski definition) is 1. The number of benzene rings is 1. The molecule has 1 aliphatic rings. The fourth-order valence-electron chi connectivity index (χ4n) is 2.67. The lowest BCUT2D eigenvalue weighted by Crippen LogP contribution is -2.30. The standard InChI is InChI=1S/C14H14ClFN2O/c1-18-7-9(14(19)12-3-2-4-17-12)8-5-10(15)11(16)6-13(8)18/h5-7,12,17H,2-4H2,1H3. The third kappa shape index (κ3) is 2.05. The zero-order chi connectivity index (χ0) is 13.6. The van der Waals surface area contributed by atoms with Crippen LogP contribution in [-0.4, -0.2) is 22.9 Å². The number of carbonyl (C=O) groups is 1. The van der Waals surface area contributed by atoms with Gasteiger partial charge >= 0.3 is 0 Å². The van der Waals surface area contributed by atoms with Crippen molar-refractivity contribution in [2.75, 3.05) is 6.54 Å². The molecular weight excluding hydrogens is 267 g/mol. The first-order valence-corrected chi connectivity index (χ1v) is 6.67. The number of fused-ring (bicyclic) bond motifs is 1. The highest BCUT2D eigenvalue weighted by atomic mass is 35.5. The van der Waals surface area contributed by atoms with Gasteiger partial charge in [0, 0.05) is 24.2 Å². The molecule has 1 saturated heterocycles. The van der Waals surface area contributed by atoms with Crippen LogP contribution in [0, 0.1) is 5.82 Å². The highest BCUT2D eigenvalue weighted by molar-refractivity contribution is 6.31. The van der Waals surface area contributed by atoms with E-state index in [1.165, 1.54) is 12.1 Å². The molecule has 3 rings (SSSR count). The maximum Gasteiger partial charge on any atom is 0.181 e. The Morgan fingerprint density at radius 1 is 1.53 bits per heavy atom. The fraction of sp³-hybridized carbons (Fsp3) is 0.357. The van der Waals surface area contributed by atoms with E-state index in [4.69, 9.17) is 11.6 Å². The Balaban J connectivity index is 2.13. The minimum Gasteiger partial charge on any atom is -0.350 e. The predicted molar refractivity (Wildman–Crippen MR) is 73.2 cm³/mol. The van der Waals surface area contributed by atoms with Crippen molar-refractivity contribution >= 4 is 28.3 Å². The van der Waals surface area contributed by atoms with E-state index >= 15 is 0 Å². The van der Waals surface area contributed by atoms with Crippen LogP contribution >= 0.6 is 11.6 Å². The van der Waals surface area contributed by atoms with Gasteiger partial charge in [-0.25, -0.2) is 4.39 Å². The lowest BCUT2D eigenvalue weighted by molar-refractivity contribution is 0.0954. The molecule has 1 N–H and O–H groups in total. The number of ketones is 1. The van der Waals surface area contributed by atoms with Crippen molar-refractivity contribution < 1.29 is 9.18 Å². The number of hydrogen-bond acceptors (Lipinski definition) is 2. The number of Topliss-reactive ketones (excluding diaryl/α,β-unsaturated/α-hetero) is 1. The second kappa shape index (κ2) is 4.62. The van der Waals surface area contributed by atoms with E-state index in [1.54, 1.807) is 17.8 Å². The van der Waals surface area contributed by atoms with E-state index in [1.807, 2.05) is 0 Å². The van der Waals surface area contributed by atoms with Gasteiger partial charge in [0.25, 0.3) is 0 Å². The summed E-state index contributed by atoms with van der Waals surface area (Å²) < 4.78 is 15.3. The van der Waals surface area contributed by atoms with E-state index in [0.717, 1.165) is 19.4 Å². The van der Waals surface area contributed by atoms with Crippen molar-refractivity contribution in [3.8, 4) is 0 Å². The van der Waals surface area contributed by atoms with Crippen LogP contribution in [-0.2, 0) is 7.05 Å². The molecule has 100 valence electrons. The van der Waals surface area contributed by atoms with Gasteiger partial charge in [-0.2, -0.15) is 0 Å². The first kappa shape index (κ1) is 12.6. The van der Waals surface area contributed by atoms with Crippen molar-refractivity contribution in [1.82, 2.24) is 9.88 Å². The SMILES string of the molecule is Cn1cc(C(=O)C2CCCN2)c2cc(Cl)c(F)cc21. The second-order valence-corrected chi connectivity index (χ2v) is 5.36. The second-order valence-electron chi connectivity index (χ2n) is 4.95. The summed E-state index contributed by atoms with van der Waals surface area (Å²) in [4.78, 5) is 12.5. The molecule has 3 nitrogen and oxygen atoms in total. The van der Waals surface area contributed by atoms with Gasteiger partial charge in [-0.3, -0.25) is 4.79 Å². The Bertz CT molecular complexity index is 659. The lowest BCUT2D eigenvalue weighted by Gasteiger charge is -2.07. The average molecular weight is 281 g/mol. The summed E-state index contributed by atoms with van der Waals surface area (Å²) in [5.41, 5.74) is 1.29. The van der Waals surface area contributed by atoms with E-state index in [-0.39, 0.29) is 16.8 Å². The lowest BCUT2D eigenvalue weighted by atomic mass is 10.0. The molecule has 1 fully saturated rings. The maximum atomic E-state index is 13.5. The highest BCUT2D eigenvalue weighted by Gasteiger charge is 2.26. The molecule has 1 aromatic carbocycles. The molecule has 2 heterocycles. The summed E-state index contributed by atoms with van der Waals surface area (Å²) in [5, 5.41) is 3.95. The zero-order valence-corrected chi connectivity index (χ0v) is 11.3. The molecule has 1 unspecified atom stereocenters. The topological polar surface area (TPSA) is 34.0 Å². The smallest absolute Gasteiger partial charge is 0.181 e. The summed E-state index contributed by atoms with van der Waals surface area (Å²) >= 11 is 5.82. The Labute approximate surface area is 115 Å². The molecule has 19 heavy (non-hydrogen) atoms. The number of aryl methyl sites for hydroxylation is 1. The van der Waals surface area contributed by atoms with Gasteiger partial charge < -0.3 is 9.88 Å². The van der Waals surface area contributed by atoms with E-state index in [0.29, 0.717) is 16.5 Å². The quantitative estimate of drug-likeness (QED) is 0.858. The Hall–Kier alpha value is -1.39. The summed E-state index contributed by atoms with van der Waals surface area (Å²) in [6.45, 7) is 0.872. The molecule has 5 heteroatoms. The molecule has 2 aromatic rings. The minimum absolute atomic E-state index is 0.0483. The molecular formula is C14H14ClFN2O. The number of rotatable bonds is 2. The first-order chi connectivity index (χ1) is 9.08. The van der Waals surface area contributed by atoms with Crippen LogP contribution in [0.25, 0.3) is 10.9 Å². The molecule has 0 bridgehead atoms. The van der Waals surface area contributed by atoms with Crippen molar-refractivity contribution in [2.45, 2.75) is 18.9 Å². The third-order valence-corrected chi connectivity index (χ3v) is 3.96. The molecule has 0 radical (unpaired) electrons. The molecule has 0 spiro atoms. The number of nitrogens with one attached hydrogen (secondary N) is 1. The van der Waals surface area contributed by atoms with Crippen LogP contribution in [0.4, 0.5) is 4.39 Å². The summed E-state index contributed by atoms with van der Waals surface area (Å²) in [6.07, 6.45) is 3.61. The van der Waals surface area contributed by atoms with Crippen molar-refractivity contribution in [3.63, 3.8) is 0 Å². The number of halogens is 2. The molecule has 1 atom stereocenters. The molecule has 1 aliphatic heterocycles. The highest BCUT2D eigenvalue weighted by Crippen LogP contribution is 2.28. The van der Waals surface area contributed by atoms with Crippen LogP contribution in [0.15, 0.2) is 18.3 Å². The molecule has 0 saturated carbocycles. The minimum atomic E-state index is -0.464. The van der Waals surface area contributed by atoms with Gasteiger partial charge in [0.05, 0.1) is 16.6 Å². The van der Waals surface area contributed by atoms with Gasteiger partial charge in [0.2, 0.25) is 0 Å². The van der Waals surface area contributed by atoms with E-state index in [9.17, 15) is 9.18 Å². The predicted octanol–water partition coefficient (Wildman–Crippen LogP) is 2.91. The van der Waals surface area contributed by atoms with Gasteiger partial charge in [0.1, 0.15) is 5.82 Å². The monoisotopic (exact) mass is 280 g/mol. The number of aromatic nitrogens is 1. The largest absolute Gasteiger partial charge is 0.350 e. The van der Waals surface area contributed by atoms with Crippen LogP contribution < -0.4 is 5.32 Å². The van der Waals surface area contributed by atoms with Crippen molar-refractivity contribution in [2.24, 2.45) is 7.05 Å². The average Bonchev–Trinajstić information content (AvgIpc) is 3.00. The van der Waals surface area contributed by atoms with Crippen LogP contribution in [0.1, 0.15) is 23.2 Å². The van der Waals surface area contributed by atoms with Gasteiger partial charge in [-0.05, 0) is 31.5 Å². The Kier molecular flexibility index (Phi) is 3.07. The zero-order valence-electron chi connectivity index (χ0n) is 10.5. The van der Waals surface area contributed by atoms with E-state index in [2.05, 4.69) is 5.32 Å². The van der Waals surface area contributed by atoms with E-state index < -0.39 is 5.82 Å². The molecule has 0 amide bonds. The van der Waals surface area contributed by atoms with Crippen LogP contribution in [0.2, 0.25) is 5.02 Å². The van der Waals surface area contributed by atoms with Gasteiger partial charge in [-0.1, -0.05) is 11.6 Å². The normalized spacial score (nSPS) is 19.2. The molecule has 0 aliphatic carbocycles. The summed E-state index contributed by atoms with van der Waals surface area (Å²) in [5.74, 6) is -0.404. The number of carbonyl (C=O) groups excluding carboxylic acids is 1. The Morgan fingerprint density at radius 2 is 2.32 bits per heavy atom. The van der Waals surface area contributed by atoms with Crippen LogP contribution in [0.3, 0.4) is 0 Å². The first-order valence-electron chi connectivity index (χ1n) is 6.29. The summed E-state index contributed by atoms with van der Waals surface area (Å²) in [7, 11) is 1.80. The maximum absolute atomic E-state index is 13.5. The molecule has 1 aromatic heterocycles. The van der Waals surface area contributed by atoms with Crippen molar-refractivity contribution in [3.05, 3.63) is 34.7 Å². The van der Waals surface area contributed by atoms with Crippen molar-refractivity contribution in [1.29, 1.82) is 0 Å². The number of nitrogens with zero attached hydrogens (tertiary/aromatic N) is 1. The third-order valence-electron chi connectivity index (χ3n) is 3.67. The summed E-state index contributed by atoms with van der Waals surface area (Å²) in [6, 6.07) is 2.78.